The number of aliphatic carboxylic acids is 1. The Labute approximate surface area is 163 Å². The van der Waals surface area contributed by atoms with Crippen molar-refractivity contribution in [1.29, 1.82) is 0 Å². The Balaban J connectivity index is 1.75. The smallest absolute Gasteiger partial charge is 0.344 e. The SMILES string of the molecule is Cc1cccc(COc2cccc(-c3ccccc3C=NOCC(=O)O)c2)c1. The highest BCUT2D eigenvalue weighted by atomic mass is 16.6. The molecule has 0 fully saturated rings. The van der Waals surface area contributed by atoms with Crippen LogP contribution in [0.3, 0.4) is 0 Å². The van der Waals surface area contributed by atoms with Crippen molar-refractivity contribution >= 4 is 12.2 Å². The number of carboxylic acid groups (broad SMARTS) is 1. The standard InChI is InChI=1S/C23H21NO4/c1-17-6-4-7-18(12-17)15-27-21-10-5-9-19(13-21)22-11-3-2-8-20(22)14-24-28-16-23(25)26/h2-14H,15-16H2,1H3,(H,25,26). The highest BCUT2D eigenvalue weighted by molar-refractivity contribution is 5.90. The summed E-state index contributed by atoms with van der Waals surface area (Å²) in [5.41, 5.74) is 5.07. The van der Waals surface area contributed by atoms with Crippen LogP contribution in [0.1, 0.15) is 16.7 Å². The molecule has 5 nitrogen and oxygen atoms in total. The van der Waals surface area contributed by atoms with E-state index >= 15 is 0 Å². The van der Waals surface area contributed by atoms with Gasteiger partial charge in [-0.1, -0.05) is 71.4 Å². The Morgan fingerprint density at radius 1 is 1.04 bits per heavy atom. The highest BCUT2D eigenvalue weighted by Crippen LogP contribution is 2.27. The zero-order chi connectivity index (χ0) is 19.8. The first kappa shape index (κ1) is 19.2. The van der Waals surface area contributed by atoms with Gasteiger partial charge in [-0.2, -0.15) is 0 Å². The fraction of sp³-hybridized carbons (Fsp3) is 0.130. The third kappa shape index (κ3) is 5.45. The quantitative estimate of drug-likeness (QED) is 0.459. The lowest BCUT2D eigenvalue weighted by atomic mass is 10.0. The van der Waals surface area contributed by atoms with Gasteiger partial charge >= 0.3 is 5.97 Å². The van der Waals surface area contributed by atoms with Crippen molar-refractivity contribution in [3.8, 4) is 16.9 Å². The van der Waals surface area contributed by atoms with Gasteiger partial charge in [-0.25, -0.2) is 4.79 Å². The summed E-state index contributed by atoms with van der Waals surface area (Å²) in [6.45, 7) is 2.08. The Hall–Kier alpha value is -3.60. The Morgan fingerprint density at radius 3 is 2.68 bits per heavy atom. The summed E-state index contributed by atoms with van der Waals surface area (Å²) >= 11 is 0. The van der Waals surface area contributed by atoms with Crippen LogP contribution in [0.25, 0.3) is 11.1 Å². The maximum absolute atomic E-state index is 10.5. The molecular formula is C23H21NO4. The summed E-state index contributed by atoms with van der Waals surface area (Å²) in [7, 11) is 0. The van der Waals surface area contributed by atoms with E-state index in [1.807, 2.05) is 60.7 Å². The van der Waals surface area contributed by atoms with E-state index in [1.165, 1.54) is 11.8 Å². The number of aryl methyl sites for hydroxylation is 1. The monoisotopic (exact) mass is 375 g/mol. The van der Waals surface area contributed by atoms with Crippen LogP contribution in [0.5, 0.6) is 5.75 Å². The maximum Gasteiger partial charge on any atom is 0.344 e. The Bertz CT molecular complexity index is 982. The molecule has 0 bridgehead atoms. The van der Waals surface area contributed by atoms with Gasteiger partial charge in [-0.3, -0.25) is 0 Å². The molecule has 0 unspecified atom stereocenters. The Kier molecular flexibility index (Phi) is 6.41. The van der Waals surface area contributed by atoms with Crippen molar-refractivity contribution in [3.63, 3.8) is 0 Å². The first-order valence-electron chi connectivity index (χ1n) is 8.87. The third-order valence-corrected chi connectivity index (χ3v) is 4.05. The number of rotatable bonds is 8. The van der Waals surface area contributed by atoms with Crippen molar-refractivity contribution < 1.29 is 19.5 Å². The van der Waals surface area contributed by atoms with Crippen molar-refractivity contribution in [2.24, 2.45) is 5.16 Å². The van der Waals surface area contributed by atoms with Crippen LogP contribution in [0.2, 0.25) is 0 Å². The van der Waals surface area contributed by atoms with Crippen LogP contribution in [0.15, 0.2) is 78.0 Å². The number of ether oxygens (including phenoxy) is 1. The average Bonchev–Trinajstić information content (AvgIpc) is 2.70. The molecule has 0 saturated carbocycles. The summed E-state index contributed by atoms with van der Waals surface area (Å²) in [5, 5.41) is 12.3. The molecule has 0 saturated heterocycles. The highest BCUT2D eigenvalue weighted by Gasteiger charge is 2.05. The van der Waals surface area contributed by atoms with E-state index < -0.39 is 12.6 Å². The summed E-state index contributed by atoms with van der Waals surface area (Å²) in [5.74, 6) is -0.295. The van der Waals surface area contributed by atoms with Gasteiger partial charge in [0.1, 0.15) is 12.4 Å². The van der Waals surface area contributed by atoms with E-state index in [2.05, 4.69) is 24.2 Å². The second kappa shape index (κ2) is 9.37. The van der Waals surface area contributed by atoms with Crippen molar-refractivity contribution in [3.05, 3.63) is 89.5 Å². The predicted octanol–water partition coefficient (Wildman–Crippen LogP) is 4.68. The van der Waals surface area contributed by atoms with Crippen LogP contribution >= 0.6 is 0 Å². The van der Waals surface area contributed by atoms with Gasteiger partial charge < -0.3 is 14.7 Å². The first-order chi connectivity index (χ1) is 13.6. The summed E-state index contributed by atoms with van der Waals surface area (Å²) in [6, 6.07) is 23.7. The molecule has 142 valence electrons. The zero-order valence-corrected chi connectivity index (χ0v) is 15.5. The maximum atomic E-state index is 10.5. The molecule has 3 rings (SSSR count). The van der Waals surface area contributed by atoms with Crippen LogP contribution in [0.4, 0.5) is 0 Å². The first-order valence-corrected chi connectivity index (χ1v) is 8.87. The number of carbonyl (C=O) groups is 1. The van der Waals surface area contributed by atoms with Gasteiger partial charge in [-0.15, -0.1) is 0 Å². The number of hydrogen-bond donors (Lipinski definition) is 1. The van der Waals surface area contributed by atoms with E-state index in [1.54, 1.807) is 0 Å². The zero-order valence-electron chi connectivity index (χ0n) is 15.5. The van der Waals surface area contributed by atoms with E-state index in [0.29, 0.717) is 6.61 Å². The summed E-state index contributed by atoms with van der Waals surface area (Å²) in [4.78, 5) is 15.3. The topological polar surface area (TPSA) is 68.1 Å². The summed E-state index contributed by atoms with van der Waals surface area (Å²) in [6.07, 6.45) is 1.51. The number of oxime groups is 1. The molecular weight excluding hydrogens is 354 g/mol. The number of hydrogen-bond acceptors (Lipinski definition) is 4. The molecule has 0 spiro atoms. The van der Waals surface area contributed by atoms with Crippen LogP contribution in [-0.4, -0.2) is 23.9 Å². The fourth-order valence-electron chi connectivity index (χ4n) is 2.78. The van der Waals surface area contributed by atoms with Gasteiger partial charge in [0.25, 0.3) is 0 Å². The van der Waals surface area contributed by atoms with Gasteiger partial charge in [0.05, 0.1) is 6.21 Å². The molecule has 3 aromatic carbocycles. The molecule has 0 aromatic heterocycles. The molecule has 0 aliphatic rings. The second-order valence-electron chi connectivity index (χ2n) is 6.29. The second-order valence-corrected chi connectivity index (χ2v) is 6.29. The van der Waals surface area contributed by atoms with Gasteiger partial charge in [0.15, 0.2) is 0 Å². The fourth-order valence-corrected chi connectivity index (χ4v) is 2.78. The molecule has 5 heteroatoms. The van der Waals surface area contributed by atoms with Gasteiger partial charge in [0.2, 0.25) is 6.61 Å². The summed E-state index contributed by atoms with van der Waals surface area (Å²) < 4.78 is 5.95. The van der Waals surface area contributed by atoms with Crippen molar-refractivity contribution in [2.45, 2.75) is 13.5 Å². The molecule has 3 aromatic rings. The minimum absolute atomic E-state index is 0.471. The number of benzene rings is 3. The lowest BCUT2D eigenvalue weighted by Crippen LogP contribution is -2.03. The van der Waals surface area contributed by atoms with Crippen molar-refractivity contribution in [1.82, 2.24) is 0 Å². The van der Waals surface area contributed by atoms with Gasteiger partial charge in [-0.05, 0) is 35.7 Å². The van der Waals surface area contributed by atoms with Crippen LogP contribution in [0, 0.1) is 6.92 Å². The average molecular weight is 375 g/mol. The minimum Gasteiger partial charge on any atom is -0.489 e. The van der Waals surface area contributed by atoms with Crippen LogP contribution < -0.4 is 4.74 Å². The molecule has 0 aliphatic heterocycles. The molecule has 0 amide bonds. The molecule has 1 N–H and O–H groups in total. The predicted molar refractivity (Wildman–Crippen MR) is 109 cm³/mol. The van der Waals surface area contributed by atoms with Crippen LogP contribution in [-0.2, 0) is 16.2 Å². The third-order valence-electron chi connectivity index (χ3n) is 4.05. The largest absolute Gasteiger partial charge is 0.489 e. The van der Waals surface area contributed by atoms with E-state index in [4.69, 9.17) is 14.7 Å². The molecule has 0 atom stereocenters. The van der Waals surface area contributed by atoms with E-state index in [-0.39, 0.29) is 0 Å². The molecule has 28 heavy (non-hydrogen) atoms. The molecule has 0 aliphatic carbocycles. The van der Waals surface area contributed by atoms with E-state index in [0.717, 1.165) is 28.0 Å². The van der Waals surface area contributed by atoms with Crippen molar-refractivity contribution in [2.75, 3.05) is 6.61 Å². The Morgan fingerprint density at radius 2 is 1.86 bits per heavy atom. The van der Waals surface area contributed by atoms with Gasteiger partial charge in [0, 0.05) is 5.56 Å². The minimum atomic E-state index is -1.07. The molecule has 0 heterocycles. The lowest BCUT2D eigenvalue weighted by Gasteiger charge is -2.10. The number of nitrogens with zero attached hydrogens (tertiary/aromatic N) is 1. The lowest BCUT2D eigenvalue weighted by molar-refractivity contribution is -0.142. The number of carboxylic acids is 1. The molecule has 0 radical (unpaired) electrons. The van der Waals surface area contributed by atoms with E-state index in [9.17, 15) is 4.79 Å². The normalized spacial score (nSPS) is 10.8.